The number of rotatable bonds is 9. The van der Waals surface area contributed by atoms with Crippen molar-refractivity contribution in [2.75, 3.05) is 11.5 Å². The van der Waals surface area contributed by atoms with Crippen molar-refractivity contribution >= 4 is 35.1 Å². The van der Waals surface area contributed by atoms with Gasteiger partial charge in [-0.3, -0.25) is 9.59 Å². The molecule has 0 saturated heterocycles. The molecule has 0 atom stereocenters. The molecule has 0 aliphatic heterocycles. The first-order valence-electron chi connectivity index (χ1n) is 11.7. The van der Waals surface area contributed by atoms with Gasteiger partial charge in [0.1, 0.15) is 22.2 Å². The third kappa shape index (κ3) is 6.54. The van der Waals surface area contributed by atoms with Crippen molar-refractivity contribution < 1.29 is 9.59 Å². The molecule has 4 aromatic rings. The number of ketones is 2. The van der Waals surface area contributed by atoms with Crippen LogP contribution in [0, 0.1) is 36.5 Å². The van der Waals surface area contributed by atoms with E-state index >= 15 is 0 Å². The highest BCUT2D eigenvalue weighted by Crippen LogP contribution is 2.25. The van der Waals surface area contributed by atoms with Crippen LogP contribution in [0.15, 0.2) is 82.8 Å². The SMILES string of the molecule is Cc1ccc(C#N)c(SCC(=O)c2ccc(-c3ccc(C(=O)CSc4nc(C)ccc4C#N)cc3)cc2)n1. The second-order valence-corrected chi connectivity index (χ2v) is 10.3. The third-order valence-corrected chi connectivity index (χ3v) is 7.65. The average molecular weight is 535 g/mol. The van der Waals surface area contributed by atoms with E-state index in [1.165, 1.54) is 23.5 Å². The topological polar surface area (TPSA) is 107 Å². The number of Topliss-reactive ketones (excluding diaryl/α,β-unsaturated/α-hetero) is 2. The van der Waals surface area contributed by atoms with Crippen molar-refractivity contribution in [2.45, 2.75) is 23.9 Å². The summed E-state index contributed by atoms with van der Waals surface area (Å²) in [6.07, 6.45) is 0. The molecule has 0 radical (unpaired) electrons. The summed E-state index contributed by atoms with van der Waals surface area (Å²) in [4.78, 5) is 34.1. The van der Waals surface area contributed by atoms with Crippen molar-refractivity contribution in [3.8, 4) is 23.3 Å². The lowest BCUT2D eigenvalue weighted by Gasteiger charge is -2.07. The standard InChI is InChI=1S/C30H22N4O2S2/c1-19-3-5-25(15-31)29(33-19)37-17-27(35)23-11-7-21(8-12-23)22-9-13-24(14-10-22)28(36)18-38-30-26(16-32)6-4-20(2)34-30/h3-14H,17-18H2,1-2H3. The summed E-state index contributed by atoms with van der Waals surface area (Å²) < 4.78 is 0. The van der Waals surface area contributed by atoms with E-state index < -0.39 is 0 Å². The summed E-state index contributed by atoms with van der Waals surface area (Å²) in [6, 6.07) is 25.9. The first-order valence-corrected chi connectivity index (χ1v) is 13.6. The van der Waals surface area contributed by atoms with Crippen LogP contribution in [0.4, 0.5) is 0 Å². The predicted molar refractivity (Wildman–Crippen MR) is 149 cm³/mol. The number of nitrogens with zero attached hydrogens (tertiary/aromatic N) is 4. The van der Waals surface area contributed by atoms with Gasteiger partial charge < -0.3 is 0 Å². The normalized spacial score (nSPS) is 10.4. The Bertz CT molecular complexity index is 1460. The van der Waals surface area contributed by atoms with Crippen LogP contribution in [0.25, 0.3) is 11.1 Å². The number of thioether (sulfide) groups is 2. The lowest BCUT2D eigenvalue weighted by atomic mass is 10.0. The molecule has 2 aromatic carbocycles. The zero-order valence-corrected chi connectivity index (χ0v) is 22.4. The third-order valence-electron chi connectivity index (χ3n) is 5.67. The lowest BCUT2D eigenvalue weighted by Crippen LogP contribution is -2.04. The summed E-state index contributed by atoms with van der Waals surface area (Å²) in [5.74, 6) is 0.283. The molecule has 2 heterocycles. The summed E-state index contributed by atoms with van der Waals surface area (Å²) in [6.45, 7) is 3.70. The fourth-order valence-corrected chi connectivity index (χ4v) is 5.41. The van der Waals surface area contributed by atoms with E-state index in [2.05, 4.69) is 22.1 Å². The molecule has 0 saturated carbocycles. The Labute approximate surface area is 229 Å². The van der Waals surface area contributed by atoms with Crippen LogP contribution in [0.3, 0.4) is 0 Å². The van der Waals surface area contributed by atoms with Gasteiger partial charge in [0, 0.05) is 22.5 Å². The van der Waals surface area contributed by atoms with Gasteiger partial charge in [-0.15, -0.1) is 0 Å². The number of pyridine rings is 2. The Balaban J connectivity index is 1.37. The molecular formula is C30H22N4O2S2. The first kappa shape index (κ1) is 26.8. The maximum absolute atomic E-state index is 12.7. The van der Waals surface area contributed by atoms with Crippen LogP contribution < -0.4 is 0 Å². The summed E-state index contributed by atoms with van der Waals surface area (Å²) in [7, 11) is 0. The molecule has 0 amide bonds. The fourth-order valence-electron chi connectivity index (χ4n) is 3.59. The van der Waals surface area contributed by atoms with E-state index in [-0.39, 0.29) is 23.1 Å². The minimum Gasteiger partial charge on any atom is -0.293 e. The zero-order chi connectivity index (χ0) is 27.1. The largest absolute Gasteiger partial charge is 0.293 e. The minimum absolute atomic E-state index is 0.0464. The van der Waals surface area contributed by atoms with Gasteiger partial charge in [-0.2, -0.15) is 10.5 Å². The quantitative estimate of drug-likeness (QED) is 0.178. The van der Waals surface area contributed by atoms with Crippen LogP contribution in [-0.4, -0.2) is 33.0 Å². The fraction of sp³-hybridized carbons (Fsp3) is 0.133. The van der Waals surface area contributed by atoms with Gasteiger partial charge in [-0.1, -0.05) is 72.1 Å². The molecule has 38 heavy (non-hydrogen) atoms. The first-order chi connectivity index (χ1) is 18.4. The Kier molecular flexibility index (Phi) is 8.70. The summed E-state index contributed by atoms with van der Waals surface area (Å²) in [5, 5.41) is 19.6. The number of benzene rings is 2. The Hall–Kier alpha value is -4.24. The molecule has 0 N–H and O–H groups in total. The second-order valence-electron chi connectivity index (χ2n) is 8.41. The number of carbonyl (C=O) groups excluding carboxylic acids is 2. The zero-order valence-electron chi connectivity index (χ0n) is 20.8. The predicted octanol–water partition coefficient (Wildman–Crippen LogP) is 6.45. The van der Waals surface area contributed by atoms with Gasteiger partial charge in [0.2, 0.25) is 0 Å². The summed E-state index contributed by atoms with van der Waals surface area (Å²) in [5.41, 5.74) is 5.54. The van der Waals surface area contributed by atoms with Gasteiger partial charge in [0.05, 0.1) is 22.6 Å². The van der Waals surface area contributed by atoms with Gasteiger partial charge in [-0.25, -0.2) is 9.97 Å². The molecule has 2 aromatic heterocycles. The number of nitriles is 2. The molecule has 4 rings (SSSR count). The van der Waals surface area contributed by atoms with E-state index in [1.807, 2.05) is 38.1 Å². The Morgan fingerprint density at radius 2 is 1.00 bits per heavy atom. The smallest absolute Gasteiger partial charge is 0.173 e. The van der Waals surface area contributed by atoms with Crippen molar-refractivity contribution in [1.82, 2.24) is 9.97 Å². The molecule has 0 aliphatic rings. The van der Waals surface area contributed by atoms with Gasteiger partial charge in [0.15, 0.2) is 11.6 Å². The monoisotopic (exact) mass is 534 g/mol. The molecular weight excluding hydrogens is 512 g/mol. The Morgan fingerprint density at radius 1 is 0.632 bits per heavy atom. The Morgan fingerprint density at radius 3 is 1.34 bits per heavy atom. The molecule has 0 aliphatic carbocycles. The van der Waals surface area contributed by atoms with Crippen molar-refractivity contribution in [1.29, 1.82) is 10.5 Å². The lowest BCUT2D eigenvalue weighted by molar-refractivity contribution is 0.101. The summed E-state index contributed by atoms with van der Waals surface area (Å²) >= 11 is 2.52. The molecule has 186 valence electrons. The van der Waals surface area contributed by atoms with Gasteiger partial charge in [0.25, 0.3) is 0 Å². The highest BCUT2D eigenvalue weighted by Gasteiger charge is 2.13. The van der Waals surface area contributed by atoms with E-state index in [1.54, 1.807) is 48.5 Å². The molecule has 8 heteroatoms. The van der Waals surface area contributed by atoms with Crippen molar-refractivity contribution in [3.63, 3.8) is 0 Å². The molecule has 0 bridgehead atoms. The van der Waals surface area contributed by atoms with Crippen molar-refractivity contribution in [3.05, 3.63) is 106 Å². The van der Waals surface area contributed by atoms with Crippen LogP contribution in [0.5, 0.6) is 0 Å². The van der Waals surface area contributed by atoms with E-state index in [4.69, 9.17) is 0 Å². The highest BCUT2D eigenvalue weighted by atomic mass is 32.2. The van der Waals surface area contributed by atoms with Crippen LogP contribution in [0.1, 0.15) is 43.2 Å². The number of hydrogen-bond acceptors (Lipinski definition) is 8. The minimum atomic E-state index is -0.0464. The van der Waals surface area contributed by atoms with Crippen molar-refractivity contribution in [2.24, 2.45) is 0 Å². The number of aromatic nitrogens is 2. The van der Waals surface area contributed by atoms with E-state index in [9.17, 15) is 20.1 Å². The van der Waals surface area contributed by atoms with Crippen LogP contribution in [-0.2, 0) is 0 Å². The average Bonchev–Trinajstić information content (AvgIpc) is 2.95. The maximum atomic E-state index is 12.7. The number of aryl methyl sites for hydroxylation is 2. The number of hydrogen-bond donors (Lipinski definition) is 0. The van der Waals surface area contributed by atoms with Gasteiger partial charge >= 0.3 is 0 Å². The van der Waals surface area contributed by atoms with Gasteiger partial charge in [-0.05, 0) is 49.2 Å². The van der Waals surface area contributed by atoms with Crippen LogP contribution >= 0.6 is 23.5 Å². The van der Waals surface area contributed by atoms with E-state index in [0.29, 0.717) is 32.3 Å². The molecule has 6 nitrogen and oxygen atoms in total. The van der Waals surface area contributed by atoms with E-state index in [0.717, 1.165) is 22.5 Å². The number of carbonyl (C=O) groups is 2. The molecule has 0 fully saturated rings. The molecule has 0 unspecified atom stereocenters. The highest BCUT2D eigenvalue weighted by molar-refractivity contribution is 8.00. The second kappa shape index (κ2) is 12.3. The maximum Gasteiger partial charge on any atom is 0.173 e. The van der Waals surface area contributed by atoms with Crippen LogP contribution in [0.2, 0.25) is 0 Å². The molecule has 0 spiro atoms.